The van der Waals surface area contributed by atoms with E-state index in [1.54, 1.807) is 0 Å². The van der Waals surface area contributed by atoms with E-state index in [1.807, 2.05) is 35.7 Å². The zero-order valence-electron chi connectivity index (χ0n) is 11.8. The van der Waals surface area contributed by atoms with Gasteiger partial charge in [-0.1, -0.05) is 41.9 Å². The molecule has 0 amide bonds. The molecule has 6 heteroatoms. The van der Waals surface area contributed by atoms with Gasteiger partial charge in [0, 0.05) is 16.0 Å². The van der Waals surface area contributed by atoms with Crippen molar-refractivity contribution in [3.8, 4) is 10.6 Å². The van der Waals surface area contributed by atoms with Crippen LogP contribution in [0.25, 0.3) is 10.6 Å². The number of ether oxygens (including phenoxy) is 1. The molecule has 116 valence electrons. The summed E-state index contributed by atoms with van der Waals surface area (Å²) in [4.78, 5) is 16.3. The molecular formula is C17H11ClFNO2S. The highest BCUT2D eigenvalue weighted by molar-refractivity contribution is 7.13. The molecule has 3 rings (SSSR count). The van der Waals surface area contributed by atoms with Crippen LogP contribution in [0.1, 0.15) is 16.1 Å². The smallest absolute Gasteiger partial charge is 0.341 e. The standard InChI is InChI=1S/C17H11ClFNO2S/c18-12-6-7-15(19)14(8-12)17(21)22-9-13-10-23-16(20-13)11-4-2-1-3-5-11/h1-8,10H,9H2. The molecule has 1 aromatic heterocycles. The largest absolute Gasteiger partial charge is 0.455 e. The zero-order chi connectivity index (χ0) is 16.2. The van der Waals surface area contributed by atoms with Gasteiger partial charge < -0.3 is 4.74 Å². The van der Waals surface area contributed by atoms with Crippen molar-refractivity contribution in [2.75, 3.05) is 0 Å². The van der Waals surface area contributed by atoms with E-state index in [0.29, 0.717) is 5.69 Å². The van der Waals surface area contributed by atoms with Gasteiger partial charge in [0.2, 0.25) is 0 Å². The number of carbonyl (C=O) groups is 1. The number of hydrogen-bond donors (Lipinski definition) is 0. The lowest BCUT2D eigenvalue weighted by atomic mass is 10.2. The van der Waals surface area contributed by atoms with Crippen LogP contribution in [0.5, 0.6) is 0 Å². The molecule has 2 aromatic carbocycles. The quantitative estimate of drug-likeness (QED) is 0.626. The SMILES string of the molecule is O=C(OCc1csc(-c2ccccc2)n1)c1cc(Cl)ccc1F. The first-order valence-corrected chi connectivity index (χ1v) is 8.01. The first-order valence-electron chi connectivity index (χ1n) is 6.75. The summed E-state index contributed by atoms with van der Waals surface area (Å²) in [7, 11) is 0. The van der Waals surface area contributed by atoms with Crippen molar-refractivity contribution in [3.63, 3.8) is 0 Å². The molecule has 0 radical (unpaired) electrons. The summed E-state index contributed by atoms with van der Waals surface area (Å²) in [6, 6.07) is 13.5. The first-order chi connectivity index (χ1) is 11.1. The van der Waals surface area contributed by atoms with Crippen LogP contribution < -0.4 is 0 Å². The van der Waals surface area contributed by atoms with Gasteiger partial charge in [-0.25, -0.2) is 14.2 Å². The van der Waals surface area contributed by atoms with Crippen LogP contribution in [0, 0.1) is 5.82 Å². The van der Waals surface area contributed by atoms with Crippen molar-refractivity contribution in [1.29, 1.82) is 0 Å². The second kappa shape index (κ2) is 6.89. The van der Waals surface area contributed by atoms with E-state index in [0.717, 1.165) is 16.6 Å². The van der Waals surface area contributed by atoms with Crippen molar-refractivity contribution in [2.24, 2.45) is 0 Å². The van der Waals surface area contributed by atoms with Crippen molar-refractivity contribution in [2.45, 2.75) is 6.61 Å². The van der Waals surface area contributed by atoms with E-state index < -0.39 is 11.8 Å². The molecule has 1 heterocycles. The Kier molecular flexibility index (Phi) is 4.69. The Hall–Kier alpha value is -2.24. The Labute approximate surface area is 141 Å². The van der Waals surface area contributed by atoms with Crippen molar-refractivity contribution in [3.05, 3.63) is 76.0 Å². The van der Waals surface area contributed by atoms with E-state index >= 15 is 0 Å². The fraction of sp³-hybridized carbons (Fsp3) is 0.0588. The van der Waals surface area contributed by atoms with E-state index in [1.165, 1.54) is 23.5 Å². The number of halogens is 2. The number of esters is 1. The van der Waals surface area contributed by atoms with Gasteiger partial charge in [0.1, 0.15) is 17.4 Å². The van der Waals surface area contributed by atoms with Crippen LogP contribution >= 0.6 is 22.9 Å². The molecule has 0 spiro atoms. The van der Waals surface area contributed by atoms with Gasteiger partial charge in [-0.05, 0) is 18.2 Å². The molecular weight excluding hydrogens is 337 g/mol. The summed E-state index contributed by atoms with van der Waals surface area (Å²) < 4.78 is 18.7. The minimum atomic E-state index is -0.765. The number of carbonyl (C=O) groups excluding carboxylic acids is 1. The van der Waals surface area contributed by atoms with Crippen molar-refractivity contribution in [1.82, 2.24) is 4.98 Å². The van der Waals surface area contributed by atoms with E-state index in [-0.39, 0.29) is 17.2 Å². The highest BCUT2D eigenvalue weighted by Crippen LogP contribution is 2.24. The predicted octanol–water partition coefficient (Wildman–Crippen LogP) is 4.96. The summed E-state index contributed by atoms with van der Waals surface area (Å²) in [6.07, 6.45) is 0. The van der Waals surface area contributed by atoms with Gasteiger partial charge in [-0.3, -0.25) is 0 Å². The molecule has 23 heavy (non-hydrogen) atoms. The number of hydrogen-bond acceptors (Lipinski definition) is 4. The Balaban J connectivity index is 1.68. The lowest BCUT2D eigenvalue weighted by molar-refractivity contribution is 0.0463. The Bertz CT molecular complexity index is 836. The van der Waals surface area contributed by atoms with Gasteiger partial charge in [-0.15, -0.1) is 11.3 Å². The molecule has 0 aliphatic carbocycles. The van der Waals surface area contributed by atoms with Crippen LogP contribution in [0.15, 0.2) is 53.9 Å². The number of nitrogens with zero attached hydrogens (tertiary/aromatic N) is 1. The molecule has 0 saturated heterocycles. The van der Waals surface area contributed by atoms with Gasteiger partial charge in [-0.2, -0.15) is 0 Å². The molecule has 0 aliphatic rings. The van der Waals surface area contributed by atoms with Crippen molar-refractivity contribution < 1.29 is 13.9 Å². The maximum Gasteiger partial charge on any atom is 0.341 e. The third-order valence-electron chi connectivity index (χ3n) is 3.07. The third kappa shape index (κ3) is 3.75. The minimum absolute atomic E-state index is 0.0197. The Morgan fingerprint density at radius 1 is 1.22 bits per heavy atom. The highest BCUT2D eigenvalue weighted by atomic mass is 35.5. The van der Waals surface area contributed by atoms with E-state index in [4.69, 9.17) is 16.3 Å². The average molecular weight is 348 g/mol. The molecule has 0 unspecified atom stereocenters. The third-order valence-corrected chi connectivity index (χ3v) is 4.25. The molecule has 3 aromatic rings. The summed E-state index contributed by atoms with van der Waals surface area (Å²) in [5, 5.41) is 2.92. The minimum Gasteiger partial charge on any atom is -0.455 e. The zero-order valence-corrected chi connectivity index (χ0v) is 13.4. The Morgan fingerprint density at radius 2 is 2.00 bits per heavy atom. The first kappa shape index (κ1) is 15.6. The van der Waals surface area contributed by atoms with Gasteiger partial charge in [0.15, 0.2) is 0 Å². The summed E-state index contributed by atoms with van der Waals surface area (Å²) in [5.41, 5.74) is 1.43. The molecule has 0 fully saturated rings. The molecule has 3 nitrogen and oxygen atoms in total. The lowest BCUT2D eigenvalue weighted by Gasteiger charge is -2.04. The number of thiazole rings is 1. The second-order valence-electron chi connectivity index (χ2n) is 4.71. The second-order valence-corrected chi connectivity index (χ2v) is 6.00. The number of benzene rings is 2. The monoisotopic (exact) mass is 347 g/mol. The van der Waals surface area contributed by atoms with Crippen LogP contribution in [0.3, 0.4) is 0 Å². The van der Waals surface area contributed by atoms with Gasteiger partial charge >= 0.3 is 5.97 Å². The van der Waals surface area contributed by atoms with Crippen LogP contribution in [-0.2, 0) is 11.3 Å². The molecule has 0 saturated carbocycles. The summed E-state index contributed by atoms with van der Waals surface area (Å²) >= 11 is 7.22. The van der Waals surface area contributed by atoms with E-state index in [2.05, 4.69) is 4.98 Å². The molecule has 0 aliphatic heterocycles. The topological polar surface area (TPSA) is 39.2 Å². The normalized spacial score (nSPS) is 10.5. The van der Waals surface area contributed by atoms with E-state index in [9.17, 15) is 9.18 Å². The van der Waals surface area contributed by atoms with Crippen LogP contribution in [0.2, 0.25) is 5.02 Å². The van der Waals surface area contributed by atoms with Crippen molar-refractivity contribution >= 4 is 28.9 Å². The summed E-state index contributed by atoms with van der Waals surface area (Å²) in [6.45, 7) is -0.0197. The predicted molar refractivity (Wildman–Crippen MR) is 88.1 cm³/mol. The van der Waals surface area contributed by atoms with Crippen LogP contribution in [-0.4, -0.2) is 11.0 Å². The van der Waals surface area contributed by atoms with Crippen LogP contribution in [0.4, 0.5) is 4.39 Å². The highest BCUT2D eigenvalue weighted by Gasteiger charge is 2.15. The molecule has 0 N–H and O–H groups in total. The Morgan fingerprint density at radius 3 is 2.78 bits per heavy atom. The maximum atomic E-state index is 13.6. The average Bonchev–Trinajstić information content (AvgIpc) is 3.05. The number of rotatable bonds is 4. The van der Waals surface area contributed by atoms with Gasteiger partial charge in [0.05, 0.1) is 11.3 Å². The van der Waals surface area contributed by atoms with Gasteiger partial charge in [0.25, 0.3) is 0 Å². The fourth-order valence-corrected chi connectivity index (χ4v) is 2.94. The molecule has 0 bridgehead atoms. The molecule has 0 atom stereocenters. The fourth-order valence-electron chi connectivity index (χ4n) is 1.96. The summed E-state index contributed by atoms with van der Waals surface area (Å²) in [5.74, 6) is -1.43. The maximum absolute atomic E-state index is 13.6. The lowest BCUT2D eigenvalue weighted by Crippen LogP contribution is -2.07. The number of aromatic nitrogens is 1.